The summed E-state index contributed by atoms with van der Waals surface area (Å²) < 4.78 is 5.56. The second-order valence-corrected chi connectivity index (χ2v) is 6.80. The molecule has 0 saturated carbocycles. The highest BCUT2D eigenvalue weighted by Crippen LogP contribution is 2.37. The van der Waals surface area contributed by atoms with Gasteiger partial charge in [0.1, 0.15) is 0 Å². The van der Waals surface area contributed by atoms with Gasteiger partial charge in [-0.2, -0.15) is 4.98 Å². The molecule has 0 aliphatic carbocycles. The van der Waals surface area contributed by atoms with Gasteiger partial charge in [-0.05, 0) is 25.6 Å². The van der Waals surface area contributed by atoms with E-state index in [1.807, 2.05) is 6.07 Å². The third-order valence-corrected chi connectivity index (χ3v) is 5.30. The second-order valence-electron chi connectivity index (χ2n) is 5.52. The molecule has 7 heteroatoms. The zero-order valence-corrected chi connectivity index (χ0v) is 15.1. The third kappa shape index (κ3) is 4.47. The summed E-state index contributed by atoms with van der Waals surface area (Å²) in [4.78, 5) is 8.17. The maximum atomic E-state index is 5.56. The molecule has 1 aliphatic rings. The summed E-state index contributed by atoms with van der Waals surface area (Å²) in [5.74, 6) is 1.52. The fraction of sp³-hybridized carbons (Fsp3) is 0.500. The predicted octanol–water partition coefficient (Wildman–Crippen LogP) is 3.31. The molecule has 23 heavy (non-hydrogen) atoms. The summed E-state index contributed by atoms with van der Waals surface area (Å²) in [6.07, 6.45) is 0.958. The maximum absolute atomic E-state index is 5.56. The van der Waals surface area contributed by atoms with Crippen LogP contribution in [0.25, 0.3) is 0 Å². The van der Waals surface area contributed by atoms with Crippen molar-refractivity contribution in [2.45, 2.75) is 29.5 Å². The number of aromatic nitrogens is 2. The second kappa shape index (κ2) is 8.68. The van der Waals surface area contributed by atoms with Crippen molar-refractivity contribution in [3.05, 3.63) is 42.0 Å². The Balaban J connectivity index is 0.00000192. The molecule has 126 valence electrons. The van der Waals surface area contributed by atoms with Crippen LogP contribution < -0.4 is 5.32 Å². The van der Waals surface area contributed by atoms with Crippen molar-refractivity contribution in [2.24, 2.45) is 0 Å². The summed E-state index contributed by atoms with van der Waals surface area (Å²) in [6.45, 7) is 5.04. The molecule has 1 saturated heterocycles. The largest absolute Gasteiger partial charge is 0.338 e. The third-order valence-electron chi connectivity index (χ3n) is 3.93. The quantitative estimate of drug-likeness (QED) is 0.831. The van der Waals surface area contributed by atoms with E-state index >= 15 is 0 Å². The summed E-state index contributed by atoms with van der Waals surface area (Å²) in [6, 6.07) is 10.6. The number of halogens is 1. The Morgan fingerprint density at radius 3 is 2.87 bits per heavy atom. The SMILES string of the molecule is CCC(Sc1ccccc1)c1nc(C2CNCCN2C)no1.Cl. The van der Waals surface area contributed by atoms with Crippen molar-refractivity contribution < 1.29 is 4.52 Å². The van der Waals surface area contributed by atoms with Crippen molar-refractivity contribution >= 4 is 24.2 Å². The van der Waals surface area contributed by atoms with Crippen LogP contribution in [0.15, 0.2) is 39.8 Å². The Labute approximate surface area is 147 Å². The first-order chi connectivity index (χ1) is 10.8. The molecule has 0 radical (unpaired) electrons. The molecule has 2 aromatic rings. The Morgan fingerprint density at radius 1 is 1.39 bits per heavy atom. The Morgan fingerprint density at radius 2 is 2.17 bits per heavy atom. The van der Waals surface area contributed by atoms with E-state index in [2.05, 4.69) is 58.6 Å². The standard InChI is InChI=1S/C16H22N4OS.ClH/c1-3-14(22-12-7-5-4-6-8-12)16-18-15(19-21-16)13-11-17-9-10-20(13)2;/h4-8,13-14,17H,3,9-11H2,1-2H3;1H. The first kappa shape index (κ1) is 18.3. The van der Waals surface area contributed by atoms with Crippen molar-refractivity contribution in [3.63, 3.8) is 0 Å². The monoisotopic (exact) mass is 354 g/mol. The van der Waals surface area contributed by atoms with Crippen LogP contribution in [0.5, 0.6) is 0 Å². The van der Waals surface area contributed by atoms with Crippen LogP contribution >= 0.6 is 24.2 Å². The first-order valence-corrected chi connectivity index (χ1v) is 8.62. The van der Waals surface area contributed by atoms with Crippen molar-refractivity contribution in [1.82, 2.24) is 20.4 Å². The number of nitrogens with one attached hydrogen (secondary N) is 1. The number of benzene rings is 1. The molecule has 1 fully saturated rings. The minimum absolute atomic E-state index is 0. The number of likely N-dealkylation sites (N-methyl/N-ethyl adjacent to an activating group) is 1. The van der Waals surface area contributed by atoms with E-state index in [-0.39, 0.29) is 23.7 Å². The molecule has 2 unspecified atom stereocenters. The number of nitrogens with zero attached hydrogens (tertiary/aromatic N) is 3. The highest BCUT2D eigenvalue weighted by atomic mass is 35.5. The average Bonchev–Trinajstić information content (AvgIpc) is 3.03. The predicted molar refractivity (Wildman–Crippen MR) is 95.1 cm³/mol. The molecule has 1 aliphatic heterocycles. The van der Waals surface area contributed by atoms with Gasteiger partial charge in [-0.25, -0.2) is 0 Å². The molecule has 0 amide bonds. The summed E-state index contributed by atoms with van der Waals surface area (Å²) in [5, 5.41) is 7.81. The maximum Gasteiger partial charge on any atom is 0.240 e. The van der Waals surface area contributed by atoms with Crippen LogP contribution in [0, 0.1) is 0 Å². The highest BCUT2D eigenvalue weighted by molar-refractivity contribution is 7.99. The average molecular weight is 355 g/mol. The molecule has 3 rings (SSSR count). The van der Waals surface area contributed by atoms with Crippen LogP contribution in [0.3, 0.4) is 0 Å². The molecular formula is C16H23ClN4OS. The zero-order valence-electron chi connectivity index (χ0n) is 13.4. The molecule has 0 spiro atoms. The molecule has 0 bridgehead atoms. The van der Waals surface area contributed by atoms with E-state index in [1.165, 1.54) is 4.90 Å². The van der Waals surface area contributed by atoms with Crippen LogP contribution in [-0.4, -0.2) is 41.7 Å². The molecule has 1 aromatic heterocycles. The van der Waals surface area contributed by atoms with Crippen LogP contribution in [0.2, 0.25) is 0 Å². The van der Waals surface area contributed by atoms with E-state index in [9.17, 15) is 0 Å². The Hall–Kier alpha value is -1.08. The van der Waals surface area contributed by atoms with E-state index < -0.39 is 0 Å². The van der Waals surface area contributed by atoms with E-state index in [4.69, 9.17) is 4.52 Å². The van der Waals surface area contributed by atoms with Gasteiger partial charge in [-0.1, -0.05) is 30.3 Å². The van der Waals surface area contributed by atoms with Gasteiger partial charge in [0.15, 0.2) is 5.82 Å². The minimum Gasteiger partial charge on any atom is -0.338 e. The molecular weight excluding hydrogens is 332 g/mol. The summed E-state index contributed by atoms with van der Waals surface area (Å²) in [5.41, 5.74) is 0. The van der Waals surface area contributed by atoms with Crippen LogP contribution in [0.4, 0.5) is 0 Å². The lowest BCUT2D eigenvalue weighted by molar-refractivity contribution is 0.190. The molecule has 2 atom stereocenters. The molecule has 1 N–H and O–H groups in total. The molecule has 2 heterocycles. The van der Waals surface area contributed by atoms with E-state index in [1.54, 1.807) is 11.8 Å². The Kier molecular flexibility index (Phi) is 6.89. The fourth-order valence-electron chi connectivity index (χ4n) is 2.58. The lowest BCUT2D eigenvalue weighted by Crippen LogP contribution is -2.44. The van der Waals surface area contributed by atoms with Gasteiger partial charge in [-0.15, -0.1) is 24.2 Å². The minimum atomic E-state index is 0. The van der Waals surface area contributed by atoms with Crippen molar-refractivity contribution in [3.8, 4) is 0 Å². The van der Waals surface area contributed by atoms with Crippen molar-refractivity contribution in [2.75, 3.05) is 26.7 Å². The van der Waals surface area contributed by atoms with Crippen LogP contribution in [0.1, 0.15) is 36.4 Å². The van der Waals surface area contributed by atoms with Gasteiger partial charge in [0.05, 0.1) is 11.3 Å². The topological polar surface area (TPSA) is 54.2 Å². The normalized spacial score (nSPS) is 20.0. The summed E-state index contributed by atoms with van der Waals surface area (Å²) >= 11 is 1.78. The van der Waals surface area contributed by atoms with Crippen molar-refractivity contribution in [1.29, 1.82) is 0 Å². The number of thioether (sulfide) groups is 1. The lowest BCUT2D eigenvalue weighted by atomic mass is 10.2. The summed E-state index contributed by atoms with van der Waals surface area (Å²) in [7, 11) is 2.11. The van der Waals surface area contributed by atoms with Gasteiger partial charge in [0, 0.05) is 24.5 Å². The molecule has 5 nitrogen and oxygen atoms in total. The van der Waals surface area contributed by atoms with E-state index in [0.717, 1.165) is 37.8 Å². The van der Waals surface area contributed by atoms with Gasteiger partial charge in [-0.3, -0.25) is 4.90 Å². The highest BCUT2D eigenvalue weighted by Gasteiger charge is 2.27. The van der Waals surface area contributed by atoms with Gasteiger partial charge in [0.25, 0.3) is 0 Å². The Bertz CT molecular complexity index is 595. The number of hydrogen-bond acceptors (Lipinski definition) is 6. The number of hydrogen-bond donors (Lipinski definition) is 1. The van der Waals surface area contributed by atoms with Crippen LogP contribution in [-0.2, 0) is 0 Å². The van der Waals surface area contributed by atoms with Gasteiger partial charge >= 0.3 is 0 Å². The van der Waals surface area contributed by atoms with Gasteiger partial charge < -0.3 is 9.84 Å². The molecule has 1 aromatic carbocycles. The van der Waals surface area contributed by atoms with Gasteiger partial charge in [0.2, 0.25) is 5.89 Å². The van der Waals surface area contributed by atoms with E-state index in [0.29, 0.717) is 0 Å². The lowest BCUT2D eigenvalue weighted by Gasteiger charge is -2.30. The number of rotatable bonds is 5. The fourth-order valence-corrected chi connectivity index (χ4v) is 3.59. The smallest absolute Gasteiger partial charge is 0.240 e. The zero-order chi connectivity index (χ0) is 15.4. The first-order valence-electron chi connectivity index (χ1n) is 7.74. The number of piperazine rings is 1.